The highest BCUT2D eigenvalue weighted by Gasteiger charge is 2.19. The van der Waals surface area contributed by atoms with Gasteiger partial charge in [0.05, 0.1) is 21.2 Å². The lowest BCUT2D eigenvalue weighted by Gasteiger charge is -2.09. The van der Waals surface area contributed by atoms with E-state index >= 15 is 0 Å². The standard InChI is InChI=1S/C19H20N4O3S2/c1-4-21-28(25,26)14-9-8-12(2)15(11-14)18(24)23-19-22-13(3)17(27-19)16-7-5-6-10-20-16/h5-11,21H,4H2,1-3H3,(H,22,23,24). The SMILES string of the molecule is CCNS(=O)(=O)c1ccc(C)c(C(=O)Nc2nc(C)c(-c3ccccn3)s2)c1. The van der Waals surface area contributed by atoms with Gasteiger partial charge in [-0.2, -0.15) is 0 Å². The Bertz CT molecular complexity index is 1110. The fraction of sp³-hybridized carbons (Fsp3) is 0.211. The van der Waals surface area contributed by atoms with Gasteiger partial charge in [-0.25, -0.2) is 18.1 Å². The van der Waals surface area contributed by atoms with Crippen LogP contribution in [-0.2, 0) is 10.0 Å². The number of carbonyl (C=O) groups excluding carboxylic acids is 1. The van der Waals surface area contributed by atoms with Gasteiger partial charge in [-0.05, 0) is 43.7 Å². The van der Waals surface area contributed by atoms with Crippen LogP contribution < -0.4 is 10.0 Å². The molecule has 2 aromatic heterocycles. The topological polar surface area (TPSA) is 101 Å². The summed E-state index contributed by atoms with van der Waals surface area (Å²) in [4.78, 5) is 22.4. The van der Waals surface area contributed by atoms with Gasteiger partial charge in [-0.3, -0.25) is 15.1 Å². The van der Waals surface area contributed by atoms with Crippen molar-refractivity contribution in [1.82, 2.24) is 14.7 Å². The second-order valence-electron chi connectivity index (χ2n) is 6.08. The molecular weight excluding hydrogens is 396 g/mol. The summed E-state index contributed by atoms with van der Waals surface area (Å²) in [7, 11) is -3.65. The lowest BCUT2D eigenvalue weighted by Crippen LogP contribution is -2.24. The van der Waals surface area contributed by atoms with Crippen LogP contribution >= 0.6 is 11.3 Å². The summed E-state index contributed by atoms with van der Waals surface area (Å²) < 4.78 is 26.9. The van der Waals surface area contributed by atoms with Gasteiger partial charge in [0.2, 0.25) is 10.0 Å². The first-order valence-electron chi connectivity index (χ1n) is 8.62. The van der Waals surface area contributed by atoms with E-state index in [0.29, 0.717) is 10.7 Å². The molecule has 0 fully saturated rings. The Morgan fingerprint density at radius 2 is 1.96 bits per heavy atom. The molecule has 7 nitrogen and oxygen atoms in total. The molecule has 0 aliphatic rings. The summed E-state index contributed by atoms with van der Waals surface area (Å²) in [5.74, 6) is -0.410. The van der Waals surface area contributed by atoms with Gasteiger partial charge in [0, 0.05) is 18.3 Å². The van der Waals surface area contributed by atoms with Crippen molar-refractivity contribution >= 4 is 32.4 Å². The third-order valence-electron chi connectivity index (χ3n) is 4.01. The fourth-order valence-corrected chi connectivity index (χ4v) is 4.64. The van der Waals surface area contributed by atoms with Crippen molar-refractivity contribution in [2.24, 2.45) is 0 Å². The second kappa shape index (κ2) is 8.17. The first-order valence-corrected chi connectivity index (χ1v) is 10.9. The average molecular weight is 417 g/mol. The Balaban J connectivity index is 1.88. The Morgan fingerprint density at radius 3 is 2.64 bits per heavy atom. The van der Waals surface area contributed by atoms with Gasteiger partial charge in [0.15, 0.2) is 5.13 Å². The van der Waals surface area contributed by atoms with Crippen molar-refractivity contribution in [3.8, 4) is 10.6 Å². The smallest absolute Gasteiger partial charge is 0.257 e. The minimum absolute atomic E-state index is 0.0505. The molecule has 0 bridgehead atoms. The van der Waals surface area contributed by atoms with Crippen molar-refractivity contribution in [2.45, 2.75) is 25.7 Å². The van der Waals surface area contributed by atoms with Gasteiger partial charge in [0.25, 0.3) is 5.91 Å². The first-order chi connectivity index (χ1) is 13.3. The zero-order valence-corrected chi connectivity index (χ0v) is 17.3. The molecule has 1 aromatic carbocycles. The minimum Gasteiger partial charge on any atom is -0.298 e. The number of carbonyl (C=O) groups is 1. The zero-order valence-electron chi connectivity index (χ0n) is 15.7. The quantitative estimate of drug-likeness (QED) is 0.642. The number of hydrogen-bond donors (Lipinski definition) is 2. The summed E-state index contributed by atoms with van der Waals surface area (Å²) in [6.07, 6.45) is 1.70. The number of nitrogens with one attached hydrogen (secondary N) is 2. The second-order valence-corrected chi connectivity index (χ2v) is 8.85. The van der Waals surface area contributed by atoms with Crippen LogP contribution in [0.25, 0.3) is 10.6 Å². The largest absolute Gasteiger partial charge is 0.298 e. The van der Waals surface area contributed by atoms with E-state index in [-0.39, 0.29) is 17.0 Å². The third-order valence-corrected chi connectivity index (χ3v) is 6.65. The monoisotopic (exact) mass is 416 g/mol. The molecule has 0 radical (unpaired) electrons. The summed E-state index contributed by atoms with van der Waals surface area (Å²) in [5, 5.41) is 3.20. The van der Waals surface area contributed by atoms with Crippen molar-refractivity contribution in [3.05, 3.63) is 59.4 Å². The molecule has 0 aliphatic heterocycles. The lowest BCUT2D eigenvalue weighted by molar-refractivity contribution is 0.102. The molecule has 0 unspecified atom stereocenters. The number of thiazole rings is 1. The van der Waals surface area contributed by atoms with E-state index in [1.54, 1.807) is 26.1 Å². The zero-order chi connectivity index (χ0) is 20.3. The summed E-state index contributed by atoms with van der Waals surface area (Å²) in [6, 6.07) is 10.1. The van der Waals surface area contributed by atoms with Gasteiger partial charge >= 0.3 is 0 Å². The molecule has 3 aromatic rings. The van der Waals surface area contributed by atoms with Gasteiger partial charge in [-0.1, -0.05) is 30.4 Å². The number of sulfonamides is 1. The van der Waals surface area contributed by atoms with E-state index in [2.05, 4.69) is 20.0 Å². The molecule has 0 saturated carbocycles. The van der Waals surface area contributed by atoms with Crippen LogP contribution in [0.3, 0.4) is 0 Å². The van der Waals surface area contributed by atoms with Crippen molar-refractivity contribution in [2.75, 3.05) is 11.9 Å². The van der Waals surface area contributed by atoms with Crippen LogP contribution in [0.1, 0.15) is 28.5 Å². The van der Waals surface area contributed by atoms with Crippen LogP contribution in [-0.4, -0.2) is 30.8 Å². The Kier molecular flexibility index (Phi) is 5.87. The Hall–Kier alpha value is -2.62. The van der Waals surface area contributed by atoms with Crippen molar-refractivity contribution in [3.63, 3.8) is 0 Å². The average Bonchev–Trinajstić information content (AvgIpc) is 3.02. The van der Waals surface area contributed by atoms with Gasteiger partial charge in [-0.15, -0.1) is 0 Å². The molecule has 2 N–H and O–H groups in total. The molecular formula is C19H20N4O3S2. The highest BCUT2D eigenvalue weighted by molar-refractivity contribution is 7.89. The molecule has 0 atom stereocenters. The number of nitrogens with zero attached hydrogens (tertiary/aromatic N) is 2. The third kappa shape index (κ3) is 4.27. The number of hydrogen-bond acceptors (Lipinski definition) is 6. The van der Waals surface area contributed by atoms with E-state index < -0.39 is 15.9 Å². The molecule has 0 spiro atoms. The molecule has 9 heteroatoms. The maximum atomic E-state index is 12.8. The van der Waals surface area contributed by atoms with E-state index in [4.69, 9.17) is 0 Å². The van der Waals surface area contributed by atoms with Crippen LogP contribution in [0.4, 0.5) is 5.13 Å². The molecule has 1 amide bonds. The predicted octanol–water partition coefficient (Wildman–Crippen LogP) is 3.37. The number of pyridine rings is 1. The molecule has 28 heavy (non-hydrogen) atoms. The number of rotatable bonds is 6. The summed E-state index contributed by atoms with van der Waals surface area (Å²) in [6.45, 7) is 5.58. The highest BCUT2D eigenvalue weighted by atomic mass is 32.2. The van der Waals surface area contributed by atoms with Crippen molar-refractivity contribution in [1.29, 1.82) is 0 Å². The summed E-state index contributed by atoms with van der Waals surface area (Å²) >= 11 is 1.32. The fourth-order valence-electron chi connectivity index (χ4n) is 2.64. The van der Waals surface area contributed by atoms with E-state index in [1.807, 2.05) is 25.1 Å². The lowest BCUT2D eigenvalue weighted by atomic mass is 10.1. The highest BCUT2D eigenvalue weighted by Crippen LogP contribution is 2.31. The predicted molar refractivity (Wildman–Crippen MR) is 110 cm³/mol. The molecule has 0 aliphatic carbocycles. The Morgan fingerprint density at radius 1 is 1.18 bits per heavy atom. The maximum Gasteiger partial charge on any atom is 0.257 e. The number of aromatic nitrogens is 2. The van der Waals surface area contributed by atoms with Crippen LogP contribution in [0.15, 0.2) is 47.5 Å². The number of aryl methyl sites for hydroxylation is 2. The molecule has 146 valence electrons. The molecule has 2 heterocycles. The van der Waals surface area contributed by atoms with E-state index in [9.17, 15) is 13.2 Å². The maximum absolute atomic E-state index is 12.8. The number of benzene rings is 1. The minimum atomic E-state index is -3.65. The van der Waals surface area contributed by atoms with E-state index in [0.717, 1.165) is 16.3 Å². The van der Waals surface area contributed by atoms with Crippen molar-refractivity contribution < 1.29 is 13.2 Å². The van der Waals surface area contributed by atoms with E-state index in [1.165, 1.54) is 23.5 Å². The normalized spacial score (nSPS) is 11.4. The molecule has 3 rings (SSSR count). The Labute approximate surface area is 167 Å². The van der Waals surface area contributed by atoms with Crippen LogP contribution in [0.2, 0.25) is 0 Å². The first kappa shape index (κ1) is 20.1. The van der Waals surface area contributed by atoms with Crippen LogP contribution in [0.5, 0.6) is 0 Å². The van der Waals surface area contributed by atoms with Gasteiger partial charge < -0.3 is 0 Å². The van der Waals surface area contributed by atoms with Crippen LogP contribution in [0, 0.1) is 13.8 Å². The number of amides is 1. The number of anilines is 1. The molecule has 0 saturated heterocycles. The van der Waals surface area contributed by atoms with Gasteiger partial charge in [0.1, 0.15) is 0 Å². The summed E-state index contributed by atoms with van der Waals surface area (Å²) in [5.41, 5.74) is 2.50.